The van der Waals surface area contributed by atoms with Gasteiger partial charge in [-0.3, -0.25) is 0 Å². The van der Waals surface area contributed by atoms with E-state index in [1.54, 1.807) is 11.0 Å². The lowest BCUT2D eigenvalue weighted by Crippen LogP contribution is -2.43. The van der Waals surface area contributed by atoms with E-state index in [-0.39, 0.29) is 6.04 Å². The Bertz CT molecular complexity index is 378. The zero-order valence-corrected chi connectivity index (χ0v) is 10.7. The van der Waals surface area contributed by atoms with E-state index < -0.39 is 0 Å². The van der Waals surface area contributed by atoms with Crippen LogP contribution in [0.2, 0.25) is 0 Å². The van der Waals surface area contributed by atoms with Crippen molar-refractivity contribution in [1.82, 2.24) is 20.1 Å². The molecule has 0 radical (unpaired) electrons. The van der Waals surface area contributed by atoms with Gasteiger partial charge in [0.1, 0.15) is 6.33 Å². The molecular formula is C9H15N5S2. The average molecular weight is 257 g/mol. The Morgan fingerprint density at radius 2 is 2.50 bits per heavy atom. The maximum atomic E-state index is 5.90. The summed E-state index contributed by atoms with van der Waals surface area (Å²) in [6.45, 7) is 1.77. The molecular weight excluding hydrogens is 242 g/mol. The Hall–Kier alpha value is -0.500. The fourth-order valence-electron chi connectivity index (χ4n) is 1.82. The van der Waals surface area contributed by atoms with E-state index in [9.17, 15) is 0 Å². The van der Waals surface area contributed by atoms with Crippen molar-refractivity contribution in [3.05, 3.63) is 12.2 Å². The minimum absolute atomic E-state index is 0.193. The summed E-state index contributed by atoms with van der Waals surface area (Å²) in [5.41, 5.74) is 5.90. The van der Waals surface area contributed by atoms with Crippen LogP contribution in [0.4, 0.5) is 0 Å². The van der Waals surface area contributed by atoms with Crippen LogP contribution in [0.1, 0.15) is 18.2 Å². The van der Waals surface area contributed by atoms with Gasteiger partial charge in [0, 0.05) is 25.0 Å². The average Bonchev–Trinajstić information content (AvgIpc) is 2.77. The molecule has 1 aliphatic rings. The summed E-state index contributed by atoms with van der Waals surface area (Å²) in [6, 6.07) is 0.193. The third kappa shape index (κ3) is 2.60. The van der Waals surface area contributed by atoms with E-state index in [2.05, 4.69) is 15.4 Å². The molecule has 0 amide bonds. The van der Waals surface area contributed by atoms with Gasteiger partial charge in [-0.1, -0.05) is 24.0 Å². The van der Waals surface area contributed by atoms with E-state index >= 15 is 0 Å². The fourth-order valence-corrected chi connectivity index (χ4v) is 2.18. The molecule has 1 aliphatic heterocycles. The van der Waals surface area contributed by atoms with Crippen molar-refractivity contribution in [2.75, 3.05) is 19.3 Å². The van der Waals surface area contributed by atoms with E-state index in [0.29, 0.717) is 10.2 Å². The number of rotatable bonds is 1. The zero-order chi connectivity index (χ0) is 11.5. The molecule has 16 heavy (non-hydrogen) atoms. The molecule has 2 unspecified atom stereocenters. The molecule has 7 heteroatoms. The molecule has 88 valence electrons. The van der Waals surface area contributed by atoms with Crippen LogP contribution in [0, 0.1) is 0 Å². The van der Waals surface area contributed by atoms with Crippen LogP contribution >= 0.6 is 24.0 Å². The van der Waals surface area contributed by atoms with Crippen molar-refractivity contribution in [3.8, 4) is 0 Å². The maximum Gasteiger partial charge on any atom is 0.162 e. The number of hydrogen-bond acceptors (Lipinski definition) is 6. The SMILES string of the molecule is CSC(=S)n1cnc(C2CNCC(N)C2)n1. The Morgan fingerprint density at radius 1 is 1.69 bits per heavy atom. The first-order valence-electron chi connectivity index (χ1n) is 5.17. The molecule has 3 N–H and O–H groups in total. The Labute approximate surface area is 104 Å². The lowest BCUT2D eigenvalue weighted by atomic mass is 9.96. The van der Waals surface area contributed by atoms with Gasteiger partial charge in [-0.15, -0.1) is 5.10 Å². The van der Waals surface area contributed by atoms with E-state index in [1.807, 2.05) is 6.26 Å². The van der Waals surface area contributed by atoms with Gasteiger partial charge in [0.25, 0.3) is 0 Å². The van der Waals surface area contributed by atoms with Gasteiger partial charge in [0.15, 0.2) is 10.1 Å². The van der Waals surface area contributed by atoms with Crippen LogP contribution in [-0.4, -0.2) is 44.5 Å². The second-order valence-electron chi connectivity index (χ2n) is 3.87. The highest BCUT2D eigenvalue weighted by Crippen LogP contribution is 2.19. The topological polar surface area (TPSA) is 68.8 Å². The molecule has 1 aromatic heterocycles. The van der Waals surface area contributed by atoms with Gasteiger partial charge >= 0.3 is 0 Å². The van der Waals surface area contributed by atoms with Crippen molar-refractivity contribution in [1.29, 1.82) is 0 Å². The van der Waals surface area contributed by atoms with Crippen LogP contribution in [0.15, 0.2) is 6.33 Å². The molecule has 0 spiro atoms. The summed E-state index contributed by atoms with van der Waals surface area (Å²) in [5, 5.41) is 7.67. The highest BCUT2D eigenvalue weighted by Gasteiger charge is 2.23. The van der Waals surface area contributed by atoms with Crippen molar-refractivity contribution in [2.24, 2.45) is 5.73 Å². The van der Waals surface area contributed by atoms with E-state index in [1.165, 1.54) is 11.8 Å². The number of nitrogens with one attached hydrogen (secondary N) is 1. The van der Waals surface area contributed by atoms with Gasteiger partial charge in [-0.05, 0) is 12.7 Å². The highest BCUT2D eigenvalue weighted by atomic mass is 32.2. The van der Waals surface area contributed by atoms with Crippen molar-refractivity contribution in [3.63, 3.8) is 0 Å². The monoisotopic (exact) mass is 257 g/mol. The van der Waals surface area contributed by atoms with Gasteiger partial charge < -0.3 is 11.1 Å². The lowest BCUT2D eigenvalue weighted by molar-refractivity contribution is 0.400. The number of nitrogens with two attached hydrogens (primary N) is 1. The third-order valence-electron chi connectivity index (χ3n) is 2.62. The molecule has 1 fully saturated rings. The standard InChI is InChI=1S/C9H15N5S2/c1-16-9(15)14-5-12-8(13-14)6-2-7(10)4-11-3-6/h5-7,11H,2-4,10H2,1H3. The van der Waals surface area contributed by atoms with Gasteiger partial charge in [0.2, 0.25) is 0 Å². The fraction of sp³-hybridized carbons (Fsp3) is 0.667. The molecule has 2 heterocycles. The molecule has 0 aliphatic carbocycles. The largest absolute Gasteiger partial charge is 0.327 e. The summed E-state index contributed by atoms with van der Waals surface area (Å²) in [5.74, 6) is 1.13. The number of nitrogens with zero attached hydrogens (tertiary/aromatic N) is 3. The predicted octanol–water partition coefficient (Wildman–Crippen LogP) is 0.178. The first-order valence-corrected chi connectivity index (χ1v) is 6.80. The molecule has 0 saturated carbocycles. The van der Waals surface area contributed by atoms with Gasteiger partial charge in [-0.2, -0.15) is 0 Å². The van der Waals surface area contributed by atoms with Crippen LogP contribution in [0.25, 0.3) is 0 Å². The molecule has 2 atom stereocenters. The Morgan fingerprint density at radius 3 is 3.19 bits per heavy atom. The van der Waals surface area contributed by atoms with Crippen molar-refractivity contribution >= 4 is 28.3 Å². The number of hydrogen-bond donors (Lipinski definition) is 2. The zero-order valence-electron chi connectivity index (χ0n) is 9.09. The van der Waals surface area contributed by atoms with Gasteiger partial charge in [-0.25, -0.2) is 9.67 Å². The lowest BCUT2D eigenvalue weighted by Gasteiger charge is -2.25. The molecule has 0 bridgehead atoms. The van der Waals surface area contributed by atoms with Crippen molar-refractivity contribution in [2.45, 2.75) is 18.4 Å². The van der Waals surface area contributed by atoms with Crippen LogP contribution in [0.3, 0.4) is 0 Å². The smallest absolute Gasteiger partial charge is 0.162 e. The minimum Gasteiger partial charge on any atom is -0.327 e. The minimum atomic E-state index is 0.193. The van der Waals surface area contributed by atoms with Crippen LogP contribution in [0.5, 0.6) is 0 Å². The summed E-state index contributed by atoms with van der Waals surface area (Å²) < 4.78 is 2.36. The predicted molar refractivity (Wildman–Crippen MR) is 69.7 cm³/mol. The number of piperidine rings is 1. The summed E-state index contributed by atoms with van der Waals surface area (Å²) >= 11 is 6.63. The summed E-state index contributed by atoms with van der Waals surface area (Å²) in [7, 11) is 0. The number of aromatic nitrogens is 3. The Kier molecular flexibility index (Phi) is 3.91. The normalized spacial score (nSPS) is 25.6. The maximum absolute atomic E-state index is 5.90. The van der Waals surface area contributed by atoms with Crippen LogP contribution in [-0.2, 0) is 0 Å². The molecule has 1 aromatic rings. The first-order chi connectivity index (χ1) is 7.70. The van der Waals surface area contributed by atoms with Crippen molar-refractivity contribution < 1.29 is 0 Å². The quantitative estimate of drug-likeness (QED) is 0.700. The molecule has 2 rings (SSSR count). The highest BCUT2D eigenvalue weighted by molar-refractivity contribution is 8.22. The molecule has 1 saturated heterocycles. The van der Waals surface area contributed by atoms with E-state index in [0.717, 1.165) is 25.3 Å². The second kappa shape index (κ2) is 5.22. The summed E-state index contributed by atoms with van der Waals surface area (Å²) in [4.78, 5) is 4.30. The first kappa shape index (κ1) is 12.0. The second-order valence-corrected chi connectivity index (χ2v) is 5.31. The van der Waals surface area contributed by atoms with Crippen LogP contribution < -0.4 is 11.1 Å². The number of thioether (sulfide) groups is 1. The molecule has 5 nitrogen and oxygen atoms in total. The van der Waals surface area contributed by atoms with Gasteiger partial charge in [0.05, 0.1) is 0 Å². The Balaban J connectivity index is 2.09. The summed E-state index contributed by atoms with van der Waals surface area (Å²) in [6.07, 6.45) is 4.54. The molecule has 0 aromatic carbocycles. The van der Waals surface area contributed by atoms with E-state index in [4.69, 9.17) is 18.0 Å². The number of thiocarbonyl (C=S) groups is 1. The third-order valence-corrected chi connectivity index (χ3v) is 3.84.